The zero-order valence-corrected chi connectivity index (χ0v) is 19.9. The van der Waals surface area contributed by atoms with Gasteiger partial charge in [0.15, 0.2) is 9.84 Å². The number of sulfone groups is 1. The normalized spacial score (nSPS) is 11.7. The van der Waals surface area contributed by atoms with Gasteiger partial charge in [-0.05, 0) is 41.5 Å². The Hall–Kier alpha value is -2.75. The zero-order chi connectivity index (χ0) is 22.7. The third-order valence-electron chi connectivity index (χ3n) is 4.92. The van der Waals surface area contributed by atoms with E-state index in [2.05, 4.69) is 0 Å². The number of carbonyl (C=O) groups is 1. The monoisotopic (exact) mass is 486 g/mol. The van der Waals surface area contributed by atoms with E-state index >= 15 is 0 Å². The van der Waals surface area contributed by atoms with Crippen LogP contribution in [-0.4, -0.2) is 31.7 Å². The number of pyridine rings is 1. The standard InChI is InChI=1S/C23H22N2O4S3/c1-15(26)29-11-5-6-13-32(27,28)23-21(24)20-17(16-8-3-2-4-9-16)14-18(25-22(20)31-23)19-10-7-12-30-19/h2-4,7-10,12,14H,5-6,11,13,24H2,1H3. The number of unbranched alkanes of at least 4 members (excludes halogenated alkanes) is 1. The average molecular weight is 487 g/mol. The second-order valence-corrected chi connectivity index (χ2v) is 11.5. The Balaban J connectivity index is 1.76. The van der Waals surface area contributed by atoms with Crippen molar-refractivity contribution in [3.05, 3.63) is 53.9 Å². The lowest BCUT2D eigenvalue weighted by Crippen LogP contribution is -2.09. The summed E-state index contributed by atoms with van der Waals surface area (Å²) in [4.78, 5) is 17.2. The molecule has 6 nitrogen and oxygen atoms in total. The molecule has 2 N–H and O–H groups in total. The van der Waals surface area contributed by atoms with Crippen LogP contribution in [0.4, 0.5) is 5.69 Å². The molecule has 0 spiro atoms. The molecule has 0 amide bonds. The number of ether oxygens (including phenoxy) is 1. The minimum atomic E-state index is -3.60. The molecule has 32 heavy (non-hydrogen) atoms. The van der Waals surface area contributed by atoms with Gasteiger partial charge in [0.05, 0.1) is 28.6 Å². The molecule has 0 atom stereocenters. The topological polar surface area (TPSA) is 99.4 Å². The molecule has 0 aliphatic rings. The Labute approximate surface area is 194 Å². The number of hydrogen-bond donors (Lipinski definition) is 1. The first-order chi connectivity index (χ1) is 15.4. The molecule has 0 radical (unpaired) electrons. The zero-order valence-electron chi connectivity index (χ0n) is 17.4. The van der Waals surface area contributed by atoms with E-state index in [9.17, 15) is 13.2 Å². The lowest BCUT2D eigenvalue weighted by atomic mass is 10.0. The fraction of sp³-hybridized carbons (Fsp3) is 0.217. The first-order valence-corrected chi connectivity index (χ1v) is 13.4. The van der Waals surface area contributed by atoms with Crippen molar-refractivity contribution in [2.24, 2.45) is 0 Å². The average Bonchev–Trinajstić information content (AvgIpc) is 3.42. The first kappa shape index (κ1) is 22.4. The van der Waals surface area contributed by atoms with Crippen LogP contribution in [0.15, 0.2) is 58.1 Å². The van der Waals surface area contributed by atoms with Gasteiger partial charge >= 0.3 is 5.97 Å². The maximum Gasteiger partial charge on any atom is 0.302 e. The summed E-state index contributed by atoms with van der Waals surface area (Å²) in [5.74, 6) is -0.438. The van der Waals surface area contributed by atoms with Crippen LogP contribution in [-0.2, 0) is 19.4 Å². The number of hydrogen-bond acceptors (Lipinski definition) is 8. The van der Waals surface area contributed by atoms with Crippen molar-refractivity contribution in [1.82, 2.24) is 4.98 Å². The fourth-order valence-corrected chi connectivity index (χ4v) is 7.17. The highest BCUT2D eigenvalue weighted by Gasteiger charge is 2.25. The predicted molar refractivity (Wildman–Crippen MR) is 131 cm³/mol. The smallest absolute Gasteiger partial charge is 0.302 e. The lowest BCUT2D eigenvalue weighted by molar-refractivity contribution is -0.141. The molecule has 0 bridgehead atoms. The van der Waals surface area contributed by atoms with Gasteiger partial charge in [0.1, 0.15) is 9.04 Å². The SMILES string of the molecule is CC(=O)OCCCCS(=O)(=O)c1sc2nc(-c3cccs3)cc(-c3ccccc3)c2c1N. The second kappa shape index (κ2) is 9.40. The van der Waals surface area contributed by atoms with Crippen LogP contribution in [0.2, 0.25) is 0 Å². The van der Waals surface area contributed by atoms with Crippen LogP contribution < -0.4 is 5.73 Å². The molecular formula is C23H22N2O4S3. The third-order valence-corrected chi connectivity index (χ3v) is 9.33. The summed E-state index contributed by atoms with van der Waals surface area (Å²) in [5.41, 5.74) is 9.28. The molecule has 3 aromatic heterocycles. The number of esters is 1. The van der Waals surface area contributed by atoms with Gasteiger partial charge in [0.2, 0.25) is 0 Å². The van der Waals surface area contributed by atoms with E-state index < -0.39 is 9.84 Å². The Morgan fingerprint density at radius 2 is 1.91 bits per heavy atom. The molecule has 0 fully saturated rings. The number of nitrogens with two attached hydrogens (primary N) is 1. The number of fused-ring (bicyclic) bond motifs is 1. The number of carbonyl (C=O) groups excluding carboxylic acids is 1. The number of nitrogens with zero attached hydrogens (tertiary/aromatic N) is 1. The van der Waals surface area contributed by atoms with Gasteiger partial charge in [-0.2, -0.15) is 0 Å². The minimum absolute atomic E-state index is 0.0657. The number of benzene rings is 1. The molecule has 0 saturated heterocycles. The molecule has 0 aliphatic heterocycles. The van der Waals surface area contributed by atoms with E-state index in [1.165, 1.54) is 6.92 Å². The van der Waals surface area contributed by atoms with Gasteiger partial charge in [-0.3, -0.25) is 4.79 Å². The summed E-state index contributed by atoms with van der Waals surface area (Å²) in [6, 6.07) is 15.7. The second-order valence-electron chi connectivity index (χ2n) is 7.25. The van der Waals surface area contributed by atoms with Crippen LogP contribution in [0.1, 0.15) is 19.8 Å². The van der Waals surface area contributed by atoms with Crippen LogP contribution in [0.5, 0.6) is 0 Å². The van der Waals surface area contributed by atoms with Gasteiger partial charge in [-0.25, -0.2) is 13.4 Å². The Kier molecular flexibility index (Phi) is 6.59. The van der Waals surface area contributed by atoms with Gasteiger partial charge in [-0.15, -0.1) is 22.7 Å². The Bertz CT molecular complexity index is 1350. The molecule has 1 aromatic carbocycles. The Morgan fingerprint density at radius 3 is 2.59 bits per heavy atom. The van der Waals surface area contributed by atoms with E-state index in [1.807, 2.05) is 53.9 Å². The van der Waals surface area contributed by atoms with E-state index in [4.69, 9.17) is 15.5 Å². The van der Waals surface area contributed by atoms with Crippen LogP contribution in [0.25, 0.3) is 31.9 Å². The summed E-state index contributed by atoms with van der Waals surface area (Å²) in [7, 11) is -3.60. The summed E-state index contributed by atoms with van der Waals surface area (Å²) in [6.45, 7) is 1.53. The van der Waals surface area contributed by atoms with E-state index in [0.717, 1.165) is 33.0 Å². The van der Waals surface area contributed by atoms with Crippen molar-refractivity contribution in [2.75, 3.05) is 18.1 Å². The lowest BCUT2D eigenvalue weighted by Gasteiger charge is -2.08. The largest absolute Gasteiger partial charge is 0.466 e. The fourth-order valence-electron chi connectivity index (χ4n) is 3.43. The number of aromatic nitrogens is 1. The maximum atomic E-state index is 13.1. The number of nitrogen functional groups attached to an aromatic ring is 1. The van der Waals surface area contributed by atoms with Gasteiger partial charge in [0.25, 0.3) is 0 Å². The summed E-state index contributed by atoms with van der Waals surface area (Å²) in [6.07, 6.45) is 0.850. The molecule has 4 aromatic rings. The summed E-state index contributed by atoms with van der Waals surface area (Å²) < 4.78 is 31.2. The van der Waals surface area contributed by atoms with Crippen molar-refractivity contribution in [2.45, 2.75) is 24.0 Å². The van der Waals surface area contributed by atoms with Crippen molar-refractivity contribution >= 4 is 54.4 Å². The third kappa shape index (κ3) is 4.69. The van der Waals surface area contributed by atoms with Crippen molar-refractivity contribution in [3.63, 3.8) is 0 Å². The predicted octanol–water partition coefficient (Wildman–Crippen LogP) is 5.39. The van der Waals surface area contributed by atoms with Gasteiger partial charge < -0.3 is 10.5 Å². The van der Waals surface area contributed by atoms with Crippen molar-refractivity contribution in [3.8, 4) is 21.7 Å². The van der Waals surface area contributed by atoms with Gasteiger partial charge in [0, 0.05) is 12.3 Å². The van der Waals surface area contributed by atoms with E-state index in [1.54, 1.807) is 11.3 Å². The molecular weight excluding hydrogens is 464 g/mol. The first-order valence-electron chi connectivity index (χ1n) is 10.1. The number of anilines is 1. The highest BCUT2D eigenvalue weighted by Crippen LogP contribution is 2.43. The van der Waals surface area contributed by atoms with E-state index in [0.29, 0.717) is 23.1 Å². The molecule has 9 heteroatoms. The quantitative estimate of drug-likeness (QED) is 0.265. The minimum Gasteiger partial charge on any atom is -0.466 e. The van der Waals surface area contributed by atoms with Crippen LogP contribution in [0, 0.1) is 0 Å². The van der Waals surface area contributed by atoms with Crippen LogP contribution in [0.3, 0.4) is 0 Å². The summed E-state index contributed by atoms with van der Waals surface area (Å²) >= 11 is 2.69. The van der Waals surface area contributed by atoms with Crippen molar-refractivity contribution in [1.29, 1.82) is 0 Å². The number of thiophene rings is 2. The molecule has 4 rings (SSSR count). The molecule has 166 valence electrons. The van der Waals surface area contributed by atoms with Gasteiger partial charge in [-0.1, -0.05) is 36.4 Å². The maximum absolute atomic E-state index is 13.1. The molecule has 0 saturated carbocycles. The molecule has 0 aliphatic carbocycles. The van der Waals surface area contributed by atoms with E-state index in [-0.39, 0.29) is 28.2 Å². The van der Waals surface area contributed by atoms with Crippen LogP contribution >= 0.6 is 22.7 Å². The molecule has 3 heterocycles. The number of rotatable bonds is 8. The molecule has 0 unspecified atom stereocenters. The highest BCUT2D eigenvalue weighted by atomic mass is 32.2. The Morgan fingerprint density at radius 1 is 1.12 bits per heavy atom. The van der Waals surface area contributed by atoms with Crippen molar-refractivity contribution < 1.29 is 17.9 Å². The highest BCUT2D eigenvalue weighted by molar-refractivity contribution is 7.93. The summed E-state index contributed by atoms with van der Waals surface area (Å²) in [5, 5.41) is 2.65.